The monoisotopic (exact) mass is 283 g/mol. The average Bonchev–Trinajstić information content (AvgIpc) is 2.50. The summed E-state index contributed by atoms with van der Waals surface area (Å²) in [7, 11) is 0. The van der Waals surface area contributed by atoms with E-state index in [9.17, 15) is 0 Å². The van der Waals surface area contributed by atoms with Crippen LogP contribution in [0.25, 0.3) is 5.57 Å². The molecule has 0 saturated heterocycles. The van der Waals surface area contributed by atoms with E-state index in [2.05, 4.69) is 59.8 Å². The van der Waals surface area contributed by atoms with Crippen LogP contribution in [-0.4, -0.2) is 24.8 Å². The van der Waals surface area contributed by atoms with E-state index in [-0.39, 0.29) is 0 Å². The Balaban J connectivity index is 3.16. The Hall–Kier alpha value is -2.03. The molecule has 112 valence electrons. The van der Waals surface area contributed by atoms with Gasteiger partial charge >= 0.3 is 0 Å². The highest BCUT2D eigenvalue weighted by Gasteiger charge is 2.03. The van der Waals surface area contributed by atoms with Gasteiger partial charge in [-0.25, -0.2) is 9.98 Å². The van der Waals surface area contributed by atoms with Gasteiger partial charge in [-0.3, -0.25) is 4.99 Å². The van der Waals surface area contributed by atoms with Crippen molar-refractivity contribution in [1.29, 1.82) is 0 Å². The van der Waals surface area contributed by atoms with Crippen LogP contribution in [0.1, 0.15) is 45.2 Å². The summed E-state index contributed by atoms with van der Waals surface area (Å²) in [5, 5.41) is 0. The number of rotatable bonds is 5. The average molecular weight is 283 g/mol. The molecule has 0 N–H and O–H groups in total. The molecular formula is C18H25N3. The third-order valence-corrected chi connectivity index (χ3v) is 3.42. The molecule has 21 heavy (non-hydrogen) atoms. The summed E-state index contributed by atoms with van der Waals surface area (Å²) in [5.74, 6) is 0.672. The Bertz CT molecular complexity index is 580. The smallest absolute Gasteiger partial charge is 0.125 e. The molecule has 0 aliphatic rings. The first-order chi connectivity index (χ1) is 10.0. The van der Waals surface area contributed by atoms with Crippen LogP contribution < -0.4 is 0 Å². The number of hydrogen-bond acceptors (Lipinski definition) is 2. The van der Waals surface area contributed by atoms with Gasteiger partial charge in [0, 0.05) is 12.3 Å². The van der Waals surface area contributed by atoms with Gasteiger partial charge in [-0.05, 0) is 63.6 Å². The number of amidine groups is 1. The minimum absolute atomic E-state index is 0.343. The summed E-state index contributed by atoms with van der Waals surface area (Å²) < 4.78 is 0. The van der Waals surface area contributed by atoms with E-state index in [1.807, 2.05) is 27.0 Å². The minimum Gasteiger partial charge on any atom is -0.290 e. The van der Waals surface area contributed by atoms with Gasteiger partial charge in [0.1, 0.15) is 5.84 Å². The fourth-order valence-corrected chi connectivity index (χ4v) is 1.75. The van der Waals surface area contributed by atoms with Crippen molar-refractivity contribution in [3.05, 3.63) is 35.4 Å². The lowest BCUT2D eigenvalue weighted by molar-refractivity contribution is 0.721. The molecule has 3 heteroatoms. The fraction of sp³-hybridized carbons (Fsp3) is 0.389. The Kier molecular flexibility index (Phi) is 6.73. The first kappa shape index (κ1) is 17.0. The molecule has 0 radical (unpaired) electrons. The molecule has 1 atom stereocenters. The number of hydrogen-bond donors (Lipinski definition) is 0. The van der Waals surface area contributed by atoms with Crippen LogP contribution in [0.5, 0.6) is 0 Å². The number of benzene rings is 1. The number of nitrogens with zero attached hydrogens (tertiary/aromatic N) is 3. The highest BCUT2D eigenvalue weighted by molar-refractivity contribution is 6.10. The number of allylic oxidation sites excluding steroid dienone is 2. The van der Waals surface area contributed by atoms with Crippen LogP contribution >= 0.6 is 0 Å². The van der Waals surface area contributed by atoms with Gasteiger partial charge in [-0.15, -0.1) is 0 Å². The third kappa shape index (κ3) is 5.10. The van der Waals surface area contributed by atoms with Crippen molar-refractivity contribution in [3.63, 3.8) is 0 Å². The normalized spacial score (nSPS) is 14.5. The van der Waals surface area contributed by atoms with Crippen molar-refractivity contribution < 1.29 is 0 Å². The SMILES string of the molecule is C=NC(C)=Nc1cc(/C(C=NC(C)CC)=C/C)ccc1C. The molecule has 0 amide bonds. The summed E-state index contributed by atoms with van der Waals surface area (Å²) in [5.41, 5.74) is 4.27. The summed E-state index contributed by atoms with van der Waals surface area (Å²) in [6.07, 6.45) is 5.06. The van der Waals surface area contributed by atoms with E-state index in [0.29, 0.717) is 11.9 Å². The molecule has 0 heterocycles. The van der Waals surface area contributed by atoms with Crippen LogP contribution in [0.4, 0.5) is 5.69 Å². The Morgan fingerprint density at radius 2 is 2.10 bits per heavy atom. The molecule has 3 nitrogen and oxygen atoms in total. The van der Waals surface area contributed by atoms with Gasteiger partial charge in [-0.2, -0.15) is 0 Å². The first-order valence-corrected chi connectivity index (χ1v) is 7.34. The Labute approximate surface area is 128 Å². The molecule has 0 fully saturated rings. The van der Waals surface area contributed by atoms with E-state index >= 15 is 0 Å². The summed E-state index contributed by atoms with van der Waals surface area (Å²) in [6, 6.07) is 6.59. The predicted octanol–water partition coefficient (Wildman–Crippen LogP) is 5.02. The van der Waals surface area contributed by atoms with Crippen molar-refractivity contribution in [2.45, 2.75) is 47.1 Å². The first-order valence-electron chi connectivity index (χ1n) is 7.34. The molecule has 0 aliphatic heterocycles. The van der Waals surface area contributed by atoms with Crippen molar-refractivity contribution in [1.82, 2.24) is 0 Å². The van der Waals surface area contributed by atoms with Gasteiger partial charge in [0.05, 0.1) is 5.69 Å². The molecule has 0 aliphatic carbocycles. The molecule has 0 saturated carbocycles. The van der Waals surface area contributed by atoms with E-state index in [4.69, 9.17) is 0 Å². The second-order valence-corrected chi connectivity index (χ2v) is 5.10. The summed E-state index contributed by atoms with van der Waals surface area (Å²) in [6.45, 7) is 13.7. The summed E-state index contributed by atoms with van der Waals surface area (Å²) in [4.78, 5) is 12.9. The Morgan fingerprint density at radius 3 is 2.67 bits per heavy atom. The van der Waals surface area contributed by atoms with E-state index < -0.39 is 0 Å². The van der Waals surface area contributed by atoms with Gasteiger partial charge < -0.3 is 0 Å². The topological polar surface area (TPSA) is 37.1 Å². The van der Waals surface area contributed by atoms with Crippen molar-refractivity contribution in [2.75, 3.05) is 0 Å². The number of aryl methyl sites for hydroxylation is 1. The molecule has 1 aromatic rings. The predicted molar refractivity (Wildman–Crippen MR) is 95.4 cm³/mol. The van der Waals surface area contributed by atoms with Crippen molar-refractivity contribution >= 4 is 30.0 Å². The van der Waals surface area contributed by atoms with E-state index in [0.717, 1.165) is 28.8 Å². The zero-order chi connectivity index (χ0) is 15.8. The Morgan fingerprint density at radius 1 is 1.38 bits per heavy atom. The maximum Gasteiger partial charge on any atom is 0.125 e. The van der Waals surface area contributed by atoms with Crippen LogP contribution in [-0.2, 0) is 0 Å². The van der Waals surface area contributed by atoms with Crippen molar-refractivity contribution in [2.24, 2.45) is 15.0 Å². The largest absolute Gasteiger partial charge is 0.290 e. The van der Waals surface area contributed by atoms with Crippen LogP contribution in [0, 0.1) is 6.92 Å². The lowest BCUT2D eigenvalue weighted by Gasteiger charge is -2.07. The second-order valence-electron chi connectivity index (χ2n) is 5.10. The highest BCUT2D eigenvalue weighted by atomic mass is 14.9. The molecule has 1 aromatic carbocycles. The lowest BCUT2D eigenvalue weighted by Crippen LogP contribution is -1.96. The van der Waals surface area contributed by atoms with E-state index in [1.54, 1.807) is 0 Å². The minimum atomic E-state index is 0.343. The molecule has 0 spiro atoms. The van der Waals surface area contributed by atoms with Gasteiger partial charge in [0.25, 0.3) is 0 Å². The van der Waals surface area contributed by atoms with Gasteiger partial charge in [0.15, 0.2) is 0 Å². The highest BCUT2D eigenvalue weighted by Crippen LogP contribution is 2.24. The van der Waals surface area contributed by atoms with Crippen LogP contribution in [0.3, 0.4) is 0 Å². The third-order valence-electron chi connectivity index (χ3n) is 3.42. The second kappa shape index (κ2) is 8.30. The molecular weight excluding hydrogens is 258 g/mol. The van der Waals surface area contributed by atoms with Crippen LogP contribution in [0.15, 0.2) is 39.3 Å². The zero-order valence-corrected chi connectivity index (χ0v) is 13.7. The number of aliphatic imine (C=N–C) groups is 3. The van der Waals surface area contributed by atoms with Gasteiger partial charge in [-0.1, -0.05) is 25.1 Å². The summed E-state index contributed by atoms with van der Waals surface area (Å²) >= 11 is 0. The maximum absolute atomic E-state index is 4.56. The molecule has 1 rings (SSSR count). The zero-order valence-electron chi connectivity index (χ0n) is 13.7. The quantitative estimate of drug-likeness (QED) is 0.537. The standard InChI is InChI=1S/C18H25N3/c1-7-14(4)20-12-16(8-2)17-10-9-13(3)18(11-17)21-15(5)19-6/h8-12,14H,6-7H2,1-5H3/b16-8+,20-12?,21-15?. The fourth-order valence-electron chi connectivity index (χ4n) is 1.75. The van der Waals surface area contributed by atoms with E-state index in [1.165, 1.54) is 0 Å². The van der Waals surface area contributed by atoms with Crippen molar-refractivity contribution in [3.8, 4) is 0 Å². The lowest BCUT2D eigenvalue weighted by atomic mass is 10.0. The van der Waals surface area contributed by atoms with Crippen LogP contribution in [0.2, 0.25) is 0 Å². The van der Waals surface area contributed by atoms with Gasteiger partial charge in [0.2, 0.25) is 0 Å². The molecule has 0 bridgehead atoms. The molecule has 1 unspecified atom stereocenters. The molecule has 0 aromatic heterocycles. The maximum atomic E-state index is 4.56.